The van der Waals surface area contributed by atoms with E-state index in [1.807, 2.05) is 0 Å². The van der Waals surface area contributed by atoms with Crippen molar-refractivity contribution in [3.63, 3.8) is 0 Å². The number of nitrogens with zero attached hydrogens (tertiary/aromatic N) is 1. The van der Waals surface area contributed by atoms with Crippen molar-refractivity contribution in [1.82, 2.24) is 4.90 Å². The van der Waals surface area contributed by atoms with E-state index in [0.717, 1.165) is 39.1 Å². The van der Waals surface area contributed by atoms with Crippen molar-refractivity contribution in [3.8, 4) is 0 Å². The summed E-state index contributed by atoms with van der Waals surface area (Å²) in [7, 11) is 0. The third kappa shape index (κ3) is 2.51. The molecule has 2 aliphatic heterocycles. The molecule has 3 atom stereocenters. The highest BCUT2D eigenvalue weighted by molar-refractivity contribution is 4.96. The van der Waals surface area contributed by atoms with Gasteiger partial charge in [-0.15, -0.1) is 0 Å². The van der Waals surface area contributed by atoms with Crippen LogP contribution in [-0.2, 0) is 4.74 Å². The predicted octanol–water partition coefficient (Wildman–Crippen LogP) is 1.79. The van der Waals surface area contributed by atoms with Crippen LogP contribution in [0.2, 0.25) is 0 Å². The maximum absolute atomic E-state index is 10.6. The van der Waals surface area contributed by atoms with Gasteiger partial charge in [-0.05, 0) is 32.1 Å². The van der Waals surface area contributed by atoms with Crippen molar-refractivity contribution in [2.24, 2.45) is 5.92 Å². The molecule has 17 heavy (non-hydrogen) atoms. The van der Waals surface area contributed by atoms with Gasteiger partial charge in [0.1, 0.15) is 0 Å². The van der Waals surface area contributed by atoms with Gasteiger partial charge in [0.2, 0.25) is 0 Å². The third-order valence-corrected chi connectivity index (χ3v) is 5.00. The first kappa shape index (κ1) is 11.9. The molecule has 3 unspecified atom stereocenters. The second-order valence-electron chi connectivity index (χ2n) is 6.19. The van der Waals surface area contributed by atoms with Gasteiger partial charge in [0, 0.05) is 32.2 Å². The largest absolute Gasteiger partial charge is 0.390 e. The van der Waals surface area contributed by atoms with E-state index >= 15 is 0 Å². The summed E-state index contributed by atoms with van der Waals surface area (Å²) in [5.41, 5.74) is -0.328. The highest BCUT2D eigenvalue weighted by atomic mass is 16.5. The molecule has 0 amide bonds. The topological polar surface area (TPSA) is 32.7 Å². The number of hydrogen-bond donors (Lipinski definition) is 1. The van der Waals surface area contributed by atoms with Crippen LogP contribution in [0, 0.1) is 5.92 Å². The summed E-state index contributed by atoms with van der Waals surface area (Å²) in [4.78, 5) is 2.53. The zero-order valence-electron chi connectivity index (χ0n) is 10.7. The second-order valence-corrected chi connectivity index (χ2v) is 6.19. The zero-order valence-corrected chi connectivity index (χ0v) is 10.7. The first-order valence-electron chi connectivity index (χ1n) is 7.33. The molecule has 0 aromatic rings. The Labute approximate surface area is 104 Å². The molecule has 0 spiro atoms. The van der Waals surface area contributed by atoms with Crippen molar-refractivity contribution in [2.75, 3.05) is 26.2 Å². The highest BCUT2D eigenvalue weighted by Gasteiger charge is 2.42. The normalized spacial score (nSPS) is 43.6. The van der Waals surface area contributed by atoms with E-state index in [0.29, 0.717) is 12.0 Å². The molecule has 1 aliphatic carbocycles. The van der Waals surface area contributed by atoms with Crippen LogP contribution in [0.3, 0.4) is 0 Å². The minimum Gasteiger partial charge on any atom is -0.390 e. The zero-order chi connectivity index (χ0) is 11.7. The average molecular weight is 239 g/mol. The molecule has 0 radical (unpaired) electrons. The van der Waals surface area contributed by atoms with Crippen LogP contribution in [0.15, 0.2) is 0 Å². The molecule has 98 valence electrons. The van der Waals surface area contributed by atoms with Gasteiger partial charge in [0.15, 0.2) is 0 Å². The fourth-order valence-corrected chi connectivity index (χ4v) is 3.88. The van der Waals surface area contributed by atoms with E-state index in [9.17, 15) is 5.11 Å². The van der Waals surface area contributed by atoms with E-state index in [1.54, 1.807) is 0 Å². The maximum Gasteiger partial charge on any atom is 0.0702 e. The van der Waals surface area contributed by atoms with Gasteiger partial charge in [0.25, 0.3) is 0 Å². The molecule has 3 fully saturated rings. The molecular weight excluding hydrogens is 214 g/mol. The molecule has 0 aromatic carbocycles. The molecule has 3 nitrogen and oxygen atoms in total. The van der Waals surface area contributed by atoms with Gasteiger partial charge in [-0.25, -0.2) is 0 Å². The maximum atomic E-state index is 10.6. The lowest BCUT2D eigenvalue weighted by Crippen LogP contribution is -2.54. The van der Waals surface area contributed by atoms with Gasteiger partial charge < -0.3 is 14.7 Å². The first-order valence-corrected chi connectivity index (χ1v) is 7.33. The molecule has 0 aromatic heterocycles. The second kappa shape index (κ2) is 4.87. The van der Waals surface area contributed by atoms with Crippen LogP contribution in [-0.4, -0.2) is 48.0 Å². The van der Waals surface area contributed by atoms with Crippen LogP contribution in [0.25, 0.3) is 0 Å². The van der Waals surface area contributed by atoms with Gasteiger partial charge in [-0.2, -0.15) is 0 Å². The van der Waals surface area contributed by atoms with Crippen LogP contribution < -0.4 is 0 Å². The van der Waals surface area contributed by atoms with Crippen LogP contribution in [0.1, 0.15) is 44.9 Å². The van der Waals surface area contributed by atoms with E-state index in [1.165, 1.54) is 32.1 Å². The predicted molar refractivity (Wildman–Crippen MR) is 66.9 cm³/mol. The summed E-state index contributed by atoms with van der Waals surface area (Å²) in [5, 5.41) is 10.6. The fourth-order valence-electron chi connectivity index (χ4n) is 3.88. The third-order valence-electron chi connectivity index (χ3n) is 5.00. The lowest BCUT2D eigenvalue weighted by molar-refractivity contribution is -0.100. The highest BCUT2D eigenvalue weighted by Crippen LogP contribution is 2.39. The van der Waals surface area contributed by atoms with Crippen molar-refractivity contribution >= 4 is 0 Å². The minimum absolute atomic E-state index is 0.328. The molecule has 0 bridgehead atoms. The number of piperidine rings is 1. The van der Waals surface area contributed by atoms with Crippen molar-refractivity contribution in [3.05, 3.63) is 0 Å². The van der Waals surface area contributed by atoms with Crippen molar-refractivity contribution in [1.29, 1.82) is 0 Å². The van der Waals surface area contributed by atoms with Gasteiger partial charge in [0.05, 0.1) is 11.7 Å². The molecule has 3 aliphatic rings. The Bertz CT molecular complexity index is 265. The number of rotatable bonds is 2. The Balaban J connectivity index is 1.55. The summed E-state index contributed by atoms with van der Waals surface area (Å²) in [5.74, 6) is 0.520. The number of likely N-dealkylation sites (tertiary alicyclic amines) is 1. The Morgan fingerprint density at radius 2 is 2.12 bits per heavy atom. The average Bonchev–Trinajstić information content (AvgIpc) is 2.82. The minimum atomic E-state index is -0.328. The summed E-state index contributed by atoms with van der Waals surface area (Å²) in [6.07, 6.45) is 8.68. The lowest BCUT2D eigenvalue weighted by Gasteiger charge is -2.47. The van der Waals surface area contributed by atoms with E-state index in [-0.39, 0.29) is 5.60 Å². The van der Waals surface area contributed by atoms with Gasteiger partial charge in [-0.1, -0.05) is 12.8 Å². The van der Waals surface area contributed by atoms with Gasteiger partial charge >= 0.3 is 0 Å². The molecule has 2 heterocycles. The summed E-state index contributed by atoms with van der Waals surface area (Å²) < 4.78 is 5.71. The molecule has 2 saturated heterocycles. The molecule has 1 saturated carbocycles. The monoisotopic (exact) mass is 239 g/mol. The summed E-state index contributed by atoms with van der Waals surface area (Å²) >= 11 is 0. The van der Waals surface area contributed by atoms with E-state index in [2.05, 4.69) is 4.90 Å². The quantitative estimate of drug-likeness (QED) is 0.797. The molecule has 3 heteroatoms. The smallest absolute Gasteiger partial charge is 0.0702 e. The SMILES string of the molecule is OC12CCCCC1CN(CC1CCCO1)CC2. The van der Waals surface area contributed by atoms with Crippen LogP contribution in [0.5, 0.6) is 0 Å². The summed E-state index contributed by atoms with van der Waals surface area (Å²) in [6.45, 7) is 4.20. The number of aliphatic hydroxyl groups is 1. The molecule has 1 N–H and O–H groups in total. The Morgan fingerprint density at radius 1 is 1.18 bits per heavy atom. The van der Waals surface area contributed by atoms with Crippen molar-refractivity contribution < 1.29 is 9.84 Å². The lowest BCUT2D eigenvalue weighted by atomic mass is 9.71. The number of hydrogen-bond acceptors (Lipinski definition) is 3. The fraction of sp³-hybridized carbons (Fsp3) is 1.00. The van der Waals surface area contributed by atoms with Gasteiger partial charge in [-0.3, -0.25) is 0 Å². The van der Waals surface area contributed by atoms with Crippen LogP contribution >= 0.6 is 0 Å². The van der Waals surface area contributed by atoms with Crippen LogP contribution in [0.4, 0.5) is 0 Å². The molecular formula is C14H25NO2. The standard InChI is InChI=1S/C14H25NO2/c16-14-6-2-1-4-12(14)10-15(8-7-14)11-13-5-3-9-17-13/h12-13,16H,1-11H2. The Hall–Kier alpha value is -0.120. The summed E-state index contributed by atoms with van der Waals surface area (Å²) in [6, 6.07) is 0. The first-order chi connectivity index (χ1) is 8.26. The molecule has 3 rings (SSSR count). The number of fused-ring (bicyclic) bond motifs is 1. The van der Waals surface area contributed by atoms with Crippen molar-refractivity contribution in [2.45, 2.75) is 56.7 Å². The van der Waals surface area contributed by atoms with E-state index in [4.69, 9.17) is 4.74 Å². The Morgan fingerprint density at radius 3 is 2.94 bits per heavy atom. The Kier molecular flexibility index (Phi) is 3.42. The van der Waals surface area contributed by atoms with E-state index < -0.39 is 0 Å². The number of ether oxygens (including phenoxy) is 1.